The highest BCUT2D eigenvalue weighted by Crippen LogP contribution is 2.29. The highest BCUT2D eigenvalue weighted by atomic mass is 79.9. The van der Waals surface area contributed by atoms with Crippen LogP contribution >= 0.6 is 15.9 Å². The van der Waals surface area contributed by atoms with E-state index in [9.17, 15) is 4.39 Å². The molecule has 19 heavy (non-hydrogen) atoms. The van der Waals surface area contributed by atoms with Crippen LogP contribution in [0.5, 0.6) is 0 Å². The Balaban J connectivity index is 2.29. The maximum atomic E-state index is 13.9. The minimum atomic E-state index is -0.285. The number of hydrogen-bond acceptors (Lipinski definition) is 2. The first-order valence-corrected chi connectivity index (χ1v) is 7.23. The van der Waals surface area contributed by atoms with Gasteiger partial charge < -0.3 is 9.73 Å². The zero-order valence-electron chi connectivity index (χ0n) is 11.0. The maximum absolute atomic E-state index is 13.9. The zero-order chi connectivity index (χ0) is 13.8. The Hall–Kier alpha value is -1.13. The molecule has 0 aliphatic heterocycles. The van der Waals surface area contributed by atoms with E-state index in [1.807, 2.05) is 18.2 Å². The second-order valence-electron chi connectivity index (χ2n) is 4.34. The molecule has 1 aromatic heterocycles. The van der Waals surface area contributed by atoms with E-state index >= 15 is 0 Å². The van der Waals surface area contributed by atoms with Crippen LogP contribution in [-0.2, 0) is 0 Å². The van der Waals surface area contributed by atoms with Gasteiger partial charge in [-0.25, -0.2) is 4.39 Å². The van der Waals surface area contributed by atoms with Crippen molar-refractivity contribution >= 4 is 15.9 Å². The highest BCUT2D eigenvalue weighted by Gasteiger charge is 2.15. The van der Waals surface area contributed by atoms with Crippen LogP contribution in [0.4, 0.5) is 4.39 Å². The highest BCUT2D eigenvalue weighted by molar-refractivity contribution is 9.10. The van der Waals surface area contributed by atoms with Crippen molar-refractivity contribution in [2.45, 2.75) is 26.3 Å². The zero-order valence-corrected chi connectivity index (χ0v) is 12.6. The Kier molecular flexibility index (Phi) is 4.77. The van der Waals surface area contributed by atoms with Crippen LogP contribution in [0, 0.1) is 5.82 Å². The van der Waals surface area contributed by atoms with Crippen molar-refractivity contribution in [3.63, 3.8) is 0 Å². The smallest absolute Gasteiger partial charge is 0.137 e. The van der Waals surface area contributed by atoms with E-state index in [0.717, 1.165) is 23.2 Å². The number of benzene rings is 1. The lowest BCUT2D eigenvalue weighted by atomic mass is 10.1. The first-order valence-electron chi connectivity index (χ1n) is 6.44. The van der Waals surface area contributed by atoms with Crippen LogP contribution in [0.2, 0.25) is 0 Å². The van der Waals surface area contributed by atoms with Gasteiger partial charge in [0, 0.05) is 4.47 Å². The number of rotatable bonds is 5. The van der Waals surface area contributed by atoms with Crippen molar-refractivity contribution < 1.29 is 8.81 Å². The van der Waals surface area contributed by atoms with Gasteiger partial charge in [0.25, 0.3) is 0 Å². The Bertz CT molecular complexity index is 553. The molecule has 1 N–H and O–H groups in total. The summed E-state index contributed by atoms with van der Waals surface area (Å²) in [6.07, 6.45) is 0.934. The summed E-state index contributed by atoms with van der Waals surface area (Å²) < 4.78 is 20.4. The molecule has 1 aromatic carbocycles. The van der Waals surface area contributed by atoms with E-state index in [1.54, 1.807) is 6.07 Å². The second-order valence-corrected chi connectivity index (χ2v) is 5.26. The quantitative estimate of drug-likeness (QED) is 0.845. The number of nitrogens with one attached hydrogen (secondary N) is 1. The lowest BCUT2D eigenvalue weighted by Gasteiger charge is -2.12. The summed E-state index contributed by atoms with van der Waals surface area (Å²) in [4.78, 5) is 0. The van der Waals surface area contributed by atoms with Crippen LogP contribution in [0.1, 0.15) is 32.1 Å². The standard InChI is InChI=1S/C15H17BrFNO/c1-3-13(18-4-2)15-8-7-14(19-15)11-6-5-10(16)9-12(11)17/h5-9,13,18H,3-4H2,1-2H3. The van der Waals surface area contributed by atoms with Crippen molar-refractivity contribution in [1.82, 2.24) is 5.32 Å². The molecule has 0 amide bonds. The van der Waals surface area contributed by atoms with Crippen LogP contribution in [0.25, 0.3) is 11.3 Å². The van der Waals surface area contributed by atoms with E-state index in [-0.39, 0.29) is 11.9 Å². The van der Waals surface area contributed by atoms with Gasteiger partial charge in [0.15, 0.2) is 0 Å². The minimum absolute atomic E-state index is 0.178. The average molecular weight is 326 g/mol. The lowest BCUT2D eigenvalue weighted by molar-refractivity contribution is 0.416. The van der Waals surface area contributed by atoms with Gasteiger partial charge in [0.05, 0.1) is 11.6 Å². The topological polar surface area (TPSA) is 25.2 Å². The van der Waals surface area contributed by atoms with Gasteiger partial charge in [0.2, 0.25) is 0 Å². The average Bonchev–Trinajstić information content (AvgIpc) is 2.85. The van der Waals surface area contributed by atoms with Gasteiger partial charge in [-0.3, -0.25) is 0 Å². The number of halogens is 2. The summed E-state index contributed by atoms with van der Waals surface area (Å²) >= 11 is 3.25. The molecular formula is C15H17BrFNO. The summed E-state index contributed by atoms with van der Waals surface area (Å²) in [7, 11) is 0. The molecule has 2 rings (SSSR count). The predicted octanol–water partition coefficient (Wildman–Crippen LogP) is 4.91. The minimum Gasteiger partial charge on any atom is -0.459 e. The van der Waals surface area contributed by atoms with E-state index in [2.05, 4.69) is 35.1 Å². The summed E-state index contributed by atoms with van der Waals surface area (Å²) in [5.74, 6) is 1.13. The van der Waals surface area contributed by atoms with E-state index < -0.39 is 0 Å². The van der Waals surface area contributed by atoms with Gasteiger partial charge in [-0.15, -0.1) is 0 Å². The second kappa shape index (κ2) is 6.35. The third-order valence-corrected chi connectivity index (χ3v) is 3.52. The van der Waals surface area contributed by atoms with Crippen molar-refractivity contribution in [3.8, 4) is 11.3 Å². The summed E-state index contributed by atoms with van der Waals surface area (Å²) in [5.41, 5.74) is 0.487. The van der Waals surface area contributed by atoms with Crippen LogP contribution in [-0.4, -0.2) is 6.54 Å². The van der Waals surface area contributed by atoms with E-state index in [1.165, 1.54) is 6.07 Å². The molecule has 102 valence electrons. The molecule has 1 unspecified atom stereocenters. The Labute approximate surface area is 121 Å². The predicted molar refractivity (Wildman–Crippen MR) is 78.5 cm³/mol. The molecule has 0 saturated heterocycles. The van der Waals surface area contributed by atoms with Gasteiger partial charge >= 0.3 is 0 Å². The molecule has 0 aliphatic carbocycles. The van der Waals surface area contributed by atoms with Gasteiger partial charge in [0.1, 0.15) is 17.3 Å². The molecule has 0 spiro atoms. The number of hydrogen-bond donors (Lipinski definition) is 1. The Morgan fingerprint density at radius 2 is 2.05 bits per heavy atom. The van der Waals surface area contributed by atoms with Gasteiger partial charge in [-0.05, 0) is 43.3 Å². The SMILES string of the molecule is CCNC(CC)c1ccc(-c2ccc(Br)cc2F)o1. The molecule has 0 aliphatic rings. The first-order chi connectivity index (χ1) is 9.15. The molecule has 4 heteroatoms. The molecule has 2 aromatic rings. The Morgan fingerprint density at radius 3 is 2.68 bits per heavy atom. The molecule has 0 fully saturated rings. The third-order valence-electron chi connectivity index (χ3n) is 3.03. The van der Waals surface area contributed by atoms with Gasteiger partial charge in [-0.1, -0.05) is 29.8 Å². The fourth-order valence-corrected chi connectivity index (χ4v) is 2.40. The maximum Gasteiger partial charge on any atom is 0.137 e. The molecular weight excluding hydrogens is 309 g/mol. The molecule has 2 nitrogen and oxygen atoms in total. The largest absolute Gasteiger partial charge is 0.459 e. The van der Waals surface area contributed by atoms with Gasteiger partial charge in [-0.2, -0.15) is 0 Å². The summed E-state index contributed by atoms with van der Waals surface area (Å²) in [5, 5.41) is 3.34. The van der Waals surface area contributed by atoms with Crippen LogP contribution in [0.3, 0.4) is 0 Å². The lowest BCUT2D eigenvalue weighted by Crippen LogP contribution is -2.19. The molecule has 0 saturated carbocycles. The summed E-state index contributed by atoms with van der Waals surface area (Å²) in [6, 6.07) is 8.88. The van der Waals surface area contributed by atoms with Crippen molar-refractivity contribution in [1.29, 1.82) is 0 Å². The fourth-order valence-electron chi connectivity index (χ4n) is 2.07. The molecule has 1 atom stereocenters. The Morgan fingerprint density at radius 1 is 1.26 bits per heavy atom. The third kappa shape index (κ3) is 3.25. The van der Waals surface area contributed by atoms with Crippen molar-refractivity contribution in [3.05, 3.63) is 46.4 Å². The van der Waals surface area contributed by atoms with Crippen LogP contribution in [0.15, 0.2) is 39.2 Å². The number of furan rings is 1. The first kappa shape index (κ1) is 14.3. The van der Waals surface area contributed by atoms with E-state index in [0.29, 0.717) is 11.3 Å². The fraction of sp³-hybridized carbons (Fsp3) is 0.333. The monoisotopic (exact) mass is 325 g/mol. The van der Waals surface area contributed by atoms with Crippen molar-refractivity contribution in [2.24, 2.45) is 0 Å². The van der Waals surface area contributed by atoms with Crippen LogP contribution < -0.4 is 5.32 Å². The molecule has 0 bridgehead atoms. The molecule has 0 radical (unpaired) electrons. The summed E-state index contributed by atoms with van der Waals surface area (Å²) in [6.45, 7) is 5.03. The molecule has 1 heterocycles. The van der Waals surface area contributed by atoms with E-state index in [4.69, 9.17) is 4.42 Å². The normalized spacial score (nSPS) is 12.6. The van der Waals surface area contributed by atoms with Crippen molar-refractivity contribution in [2.75, 3.05) is 6.54 Å².